The lowest BCUT2D eigenvalue weighted by Gasteiger charge is -2.50. The molecule has 13 heteroatoms. The molecule has 3 aliphatic carbocycles. The van der Waals surface area contributed by atoms with Gasteiger partial charge in [-0.2, -0.15) is 0 Å². The minimum atomic E-state index is -2.79. The minimum Gasteiger partial charge on any atom is -0.510 e. The summed E-state index contributed by atoms with van der Waals surface area (Å²) in [6.07, 6.45) is 1.01. The molecule has 0 aromatic heterocycles. The van der Waals surface area contributed by atoms with Gasteiger partial charge in [0.2, 0.25) is 11.7 Å². The Bertz CT molecular complexity index is 1440. The van der Waals surface area contributed by atoms with Gasteiger partial charge in [0.15, 0.2) is 17.1 Å². The number of hydrogen-bond donors (Lipinski definition) is 6. The number of fused-ring (bicyclic) bond motifs is 3. The van der Waals surface area contributed by atoms with Crippen LogP contribution in [0.4, 0.5) is 10.1 Å². The fourth-order valence-corrected chi connectivity index (χ4v) is 6.83. The van der Waals surface area contributed by atoms with E-state index in [1.54, 1.807) is 7.05 Å². The summed E-state index contributed by atoms with van der Waals surface area (Å²) in [5.41, 5.74) is 0.228. The zero-order valence-electron chi connectivity index (χ0n) is 22.2. The second-order valence-electron chi connectivity index (χ2n) is 11.2. The summed E-state index contributed by atoms with van der Waals surface area (Å²) in [4.78, 5) is 55.2. The monoisotopic (exact) mass is 558 g/mol. The van der Waals surface area contributed by atoms with Crippen molar-refractivity contribution in [1.82, 2.24) is 9.80 Å². The zero-order chi connectivity index (χ0) is 29.4. The number of aromatic hydroxyl groups is 1. The summed E-state index contributed by atoms with van der Waals surface area (Å²) >= 11 is 0. The smallest absolute Gasteiger partial charge is 0.255 e. The van der Waals surface area contributed by atoms with Gasteiger partial charge in [-0.15, -0.1) is 0 Å². The molecular formula is C27H31FN4O8. The Hall–Kier alpha value is -3.81. The summed E-state index contributed by atoms with van der Waals surface area (Å²) in [6, 6.07) is -0.710. The number of allylic oxidation sites excluding steroid dienone is 1. The molecule has 0 spiro atoms. The third kappa shape index (κ3) is 3.75. The molecule has 0 unspecified atom stereocenters. The quantitative estimate of drug-likeness (QED) is 0.221. The molecule has 5 rings (SSSR count). The van der Waals surface area contributed by atoms with Crippen molar-refractivity contribution in [3.8, 4) is 5.75 Å². The lowest BCUT2D eigenvalue weighted by atomic mass is 9.58. The van der Waals surface area contributed by atoms with E-state index in [1.807, 2.05) is 4.90 Å². The van der Waals surface area contributed by atoms with Gasteiger partial charge < -0.3 is 31.5 Å². The van der Waals surface area contributed by atoms with Crippen molar-refractivity contribution in [2.24, 2.45) is 17.6 Å². The summed E-state index contributed by atoms with van der Waals surface area (Å²) in [6.45, 7) is 0.692. The molecule has 0 radical (unpaired) electrons. The molecule has 1 fully saturated rings. The highest BCUT2D eigenvalue weighted by Gasteiger charge is 2.63. The van der Waals surface area contributed by atoms with E-state index in [1.165, 1.54) is 19.0 Å². The van der Waals surface area contributed by atoms with E-state index in [-0.39, 0.29) is 24.1 Å². The number of anilines is 1. The molecule has 4 aliphatic rings. The number of likely N-dealkylation sites (N-methyl/N-ethyl adjacent to an activating group) is 2. The molecule has 12 nitrogen and oxygen atoms in total. The standard InChI is InChI=1S/C27H31FN4O8/c1-31(2)19-12-8-10-7-11-13(28)9-14(30-26(39)15-5-4-6-32(15)3)20(33)17(11)21(34)16(10)23(36)27(12,40)24(37)18(22(19)35)25(29)38/h9-10,12,15,19,33,35-36,40H,4-8H2,1-3H3,(H2,29,38)(H,30,39)/t10-,12-,15-,19-,27-/m0/s1. The van der Waals surface area contributed by atoms with E-state index in [0.29, 0.717) is 13.0 Å². The summed E-state index contributed by atoms with van der Waals surface area (Å²) in [7, 11) is 4.80. The van der Waals surface area contributed by atoms with Crippen molar-refractivity contribution in [3.05, 3.63) is 45.7 Å². The van der Waals surface area contributed by atoms with E-state index < -0.39 is 92.7 Å². The van der Waals surface area contributed by atoms with Crippen LogP contribution < -0.4 is 11.1 Å². The highest BCUT2D eigenvalue weighted by atomic mass is 19.1. The maximum atomic E-state index is 15.4. The number of benzene rings is 1. The number of nitrogens with one attached hydrogen (secondary N) is 1. The Balaban J connectivity index is 1.62. The highest BCUT2D eigenvalue weighted by molar-refractivity contribution is 6.25. The summed E-state index contributed by atoms with van der Waals surface area (Å²) < 4.78 is 15.4. The lowest BCUT2D eigenvalue weighted by molar-refractivity contribution is -0.148. The number of phenolic OH excluding ortho intramolecular Hbond substituents is 1. The van der Waals surface area contributed by atoms with Crippen molar-refractivity contribution in [2.75, 3.05) is 33.0 Å². The van der Waals surface area contributed by atoms with Gasteiger partial charge in [0, 0.05) is 23.1 Å². The number of primary amides is 1. The Morgan fingerprint density at radius 1 is 1.23 bits per heavy atom. The number of hydrogen-bond acceptors (Lipinski definition) is 10. The van der Waals surface area contributed by atoms with Crippen LogP contribution in [-0.4, -0.2) is 99.0 Å². The van der Waals surface area contributed by atoms with Gasteiger partial charge in [0.1, 0.15) is 22.9 Å². The Labute approximate surface area is 228 Å². The number of nitrogens with zero attached hydrogens (tertiary/aromatic N) is 2. The molecule has 7 N–H and O–H groups in total. The van der Waals surface area contributed by atoms with E-state index in [9.17, 15) is 39.6 Å². The average Bonchev–Trinajstić information content (AvgIpc) is 3.30. The molecule has 0 saturated carbocycles. The van der Waals surface area contributed by atoms with Crippen LogP contribution in [0.5, 0.6) is 5.75 Å². The summed E-state index contributed by atoms with van der Waals surface area (Å²) in [5.74, 6) is -9.62. The van der Waals surface area contributed by atoms with Crippen LogP contribution in [0.15, 0.2) is 28.7 Å². The molecule has 0 bridgehead atoms. The molecule has 2 amide bonds. The third-order valence-corrected chi connectivity index (χ3v) is 8.75. The van der Waals surface area contributed by atoms with Crippen molar-refractivity contribution in [3.63, 3.8) is 0 Å². The molecule has 40 heavy (non-hydrogen) atoms. The second kappa shape index (κ2) is 9.39. The third-order valence-electron chi connectivity index (χ3n) is 8.75. The number of aliphatic hydroxyl groups is 3. The molecule has 1 aromatic rings. The van der Waals surface area contributed by atoms with E-state index >= 15 is 4.39 Å². The zero-order valence-corrected chi connectivity index (χ0v) is 22.2. The number of rotatable bonds is 4. The molecule has 5 atom stereocenters. The average molecular weight is 559 g/mol. The van der Waals surface area contributed by atoms with Crippen LogP contribution in [-0.2, 0) is 20.8 Å². The Kier molecular flexibility index (Phi) is 6.51. The van der Waals surface area contributed by atoms with Crippen molar-refractivity contribution >= 4 is 29.1 Å². The van der Waals surface area contributed by atoms with Gasteiger partial charge >= 0.3 is 0 Å². The Morgan fingerprint density at radius 2 is 1.90 bits per heavy atom. The van der Waals surface area contributed by atoms with E-state index in [4.69, 9.17) is 5.73 Å². The van der Waals surface area contributed by atoms with Crippen molar-refractivity contribution in [1.29, 1.82) is 0 Å². The minimum absolute atomic E-state index is 0.147. The SMILES string of the molecule is CN(C)[C@@H]1C(O)=C(C(N)=O)C(=O)[C@@]2(O)C(O)=C3C(=O)c4c(O)c(NC(=O)[C@@H]5CCCN5C)cc(F)c4C[C@H]3C[C@@H]12. The number of likely N-dealkylation sites (tertiary alicyclic amines) is 1. The van der Waals surface area contributed by atoms with Crippen LogP contribution in [0.1, 0.15) is 35.2 Å². The molecule has 1 aromatic carbocycles. The number of phenols is 1. The van der Waals surface area contributed by atoms with Crippen molar-refractivity contribution in [2.45, 2.75) is 43.4 Å². The van der Waals surface area contributed by atoms with E-state index in [2.05, 4.69) is 5.32 Å². The topological polar surface area (TPSA) is 194 Å². The van der Waals surface area contributed by atoms with Gasteiger partial charge in [0.05, 0.1) is 23.3 Å². The maximum absolute atomic E-state index is 15.4. The van der Waals surface area contributed by atoms with Gasteiger partial charge in [0.25, 0.3) is 5.91 Å². The fourth-order valence-electron chi connectivity index (χ4n) is 6.83. The fraction of sp³-hybridized carbons (Fsp3) is 0.481. The molecule has 1 saturated heterocycles. The van der Waals surface area contributed by atoms with Gasteiger partial charge in [-0.25, -0.2) is 4.39 Å². The van der Waals surface area contributed by atoms with Gasteiger partial charge in [-0.05, 0) is 59.3 Å². The second-order valence-corrected chi connectivity index (χ2v) is 11.2. The van der Waals surface area contributed by atoms with Crippen LogP contribution in [0.2, 0.25) is 0 Å². The number of ketones is 2. The number of carbonyl (C=O) groups excluding carboxylic acids is 4. The van der Waals surface area contributed by atoms with Crippen LogP contribution >= 0.6 is 0 Å². The van der Waals surface area contributed by atoms with Gasteiger partial charge in [-0.3, -0.25) is 29.0 Å². The first-order valence-electron chi connectivity index (χ1n) is 12.9. The first-order chi connectivity index (χ1) is 18.7. The Morgan fingerprint density at radius 3 is 2.48 bits per heavy atom. The number of aliphatic hydroxyl groups excluding tert-OH is 2. The van der Waals surface area contributed by atoms with E-state index in [0.717, 1.165) is 12.5 Å². The number of halogens is 1. The molecule has 1 heterocycles. The van der Waals surface area contributed by atoms with Crippen molar-refractivity contribution < 1.29 is 44.0 Å². The van der Waals surface area contributed by atoms with Gasteiger partial charge in [-0.1, -0.05) is 0 Å². The molecular weight excluding hydrogens is 527 g/mol. The largest absolute Gasteiger partial charge is 0.510 e. The number of nitrogens with two attached hydrogens (primary N) is 1. The normalized spacial score (nSPS) is 30.4. The van der Waals surface area contributed by atoms with Crippen LogP contribution in [0.25, 0.3) is 0 Å². The lowest BCUT2D eigenvalue weighted by Crippen LogP contribution is -2.63. The predicted octanol–water partition coefficient (Wildman–Crippen LogP) is 0.292. The molecule has 1 aliphatic heterocycles. The first kappa shape index (κ1) is 27.7. The first-order valence-corrected chi connectivity index (χ1v) is 12.9. The maximum Gasteiger partial charge on any atom is 0.255 e. The number of carbonyl (C=O) groups is 4. The number of amides is 2. The number of Topliss-reactive ketones (excluding diaryl/α,β-unsaturated/α-hetero) is 2. The van der Waals surface area contributed by atoms with Crippen LogP contribution in [0.3, 0.4) is 0 Å². The summed E-state index contributed by atoms with van der Waals surface area (Å²) in [5, 5.41) is 47.2. The molecule has 214 valence electrons. The predicted molar refractivity (Wildman–Crippen MR) is 138 cm³/mol. The van der Waals surface area contributed by atoms with Crippen LogP contribution in [0, 0.1) is 17.7 Å². The highest BCUT2D eigenvalue weighted by Crippen LogP contribution is 2.53.